The molecule has 3 aromatic carbocycles. The van der Waals surface area contributed by atoms with Crippen molar-refractivity contribution in [2.24, 2.45) is 0 Å². The van der Waals surface area contributed by atoms with Crippen molar-refractivity contribution >= 4 is 39.1 Å². The van der Waals surface area contributed by atoms with Gasteiger partial charge in [-0.2, -0.15) is 0 Å². The van der Waals surface area contributed by atoms with Gasteiger partial charge in [0, 0.05) is 21.5 Å². The Morgan fingerprint density at radius 1 is 0.739 bits per heavy atom. The second-order valence-corrected chi connectivity index (χ2v) is 6.36. The van der Waals surface area contributed by atoms with Crippen LogP contribution in [0.25, 0.3) is 6.08 Å². The van der Waals surface area contributed by atoms with Gasteiger partial charge in [-0.1, -0.05) is 58.4 Å². The molecule has 0 saturated carbocycles. The van der Waals surface area contributed by atoms with Crippen molar-refractivity contribution < 1.29 is 0 Å². The van der Waals surface area contributed by atoms with Gasteiger partial charge in [-0.25, -0.2) is 0 Å². The molecule has 0 aliphatic rings. The van der Waals surface area contributed by atoms with Gasteiger partial charge in [-0.15, -0.1) is 0 Å². The Morgan fingerprint density at radius 2 is 1.17 bits per heavy atom. The molecule has 0 aliphatic heterocycles. The van der Waals surface area contributed by atoms with Crippen LogP contribution in [0, 0.1) is 6.92 Å². The topological polar surface area (TPSA) is 3.24 Å². The minimum absolute atomic E-state index is 1.08. The molecule has 0 saturated heterocycles. The van der Waals surface area contributed by atoms with E-state index in [2.05, 4.69) is 107 Å². The van der Waals surface area contributed by atoms with Crippen LogP contribution in [0.2, 0.25) is 0 Å². The molecule has 3 aromatic rings. The van der Waals surface area contributed by atoms with Crippen LogP contribution in [-0.4, -0.2) is 0 Å². The number of anilines is 3. The second-order valence-electron chi connectivity index (χ2n) is 5.44. The minimum Gasteiger partial charge on any atom is -0.311 e. The zero-order valence-corrected chi connectivity index (χ0v) is 14.6. The molecule has 0 atom stereocenters. The number of halogens is 1. The highest BCUT2D eigenvalue weighted by Crippen LogP contribution is 2.35. The lowest BCUT2D eigenvalue weighted by Crippen LogP contribution is -2.09. The monoisotopic (exact) mass is 363 g/mol. The van der Waals surface area contributed by atoms with Crippen molar-refractivity contribution in [1.29, 1.82) is 0 Å². The predicted molar refractivity (Wildman–Crippen MR) is 104 cm³/mol. The molecule has 2 heteroatoms. The summed E-state index contributed by atoms with van der Waals surface area (Å²) in [6, 6.07) is 25.4. The first kappa shape index (κ1) is 15.6. The fourth-order valence-corrected chi connectivity index (χ4v) is 2.76. The van der Waals surface area contributed by atoms with Crippen molar-refractivity contribution in [2.75, 3.05) is 4.90 Å². The maximum atomic E-state index is 3.82. The van der Waals surface area contributed by atoms with E-state index in [9.17, 15) is 0 Å². The van der Waals surface area contributed by atoms with Crippen molar-refractivity contribution in [2.45, 2.75) is 6.92 Å². The quantitative estimate of drug-likeness (QED) is 0.488. The van der Waals surface area contributed by atoms with Gasteiger partial charge in [0.2, 0.25) is 0 Å². The molecule has 0 heterocycles. The van der Waals surface area contributed by atoms with Gasteiger partial charge in [0.05, 0.1) is 0 Å². The molecule has 3 rings (SSSR count). The molecule has 0 aromatic heterocycles. The van der Waals surface area contributed by atoms with Crippen molar-refractivity contribution in [3.63, 3.8) is 0 Å². The van der Waals surface area contributed by atoms with E-state index in [0.29, 0.717) is 0 Å². The molecule has 1 nitrogen and oxygen atoms in total. The van der Waals surface area contributed by atoms with E-state index in [1.54, 1.807) is 0 Å². The smallest absolute Gasteiger partial charge is 0.0462 e. The number of nitrogens with zero attached hydrogens (tertiary/aromatic N) is 1. The maximum absolute atomic E-state index is 3.82. The second kappa shape index (κ2) is 6.84. The van der Waals surface area contributed by atoms with Crippen LogP contribution < -0.4 is 4.90 Å². The molecule has 0 amide bonds. The predicted octanol–water partition coefficient (Wildman–Crippen LogP) is 6.87. The zero-order chi connectivity index (χ0) is 16.2. The molecule has 0 spiro atoms. The summed E-state index contributed by atoms with van der Waals surface area (Å²) in [5, 5.41) is 0. The van der Waals surface area contributed by atoms with Gasteiger partial charge >= 0.3 is 0 Å². The summed E-state index contributed by atoms with van der Waals surface area (Å²) in [4.78, 5) is 2.25. The van der Waals surface area contributed by atoms with Gasteiger partial charge in [-0.3, -0.25) is 0 Å². The number of hydrogen-bond acceptors (Lipinski definition) is 1. The van der Waals surface area contributed by atoms with E-state index in [4.69, 9.17) is 0 Å². The van der Waals surface area contributed by atoms with E-state index in [0.717, 1.165) is 27.1 Å². The lowest BCUT2D eigenvalue weighted by molar-refractivity contribution is 1.27. The standard InChI is InChI=1S/C21H18BrN/c1-3-17-6-12-20(13-7-17)23(19-10-4-16(2)5-11-19)21-14-8-18(22)9-15-21/h3-15H,1H2,2H3. The largest absolute Gasteiger partial charge is 0.311 e. The first-order valence-corrected chi connectivity index (χ1v) is 8.31. The Morgan fingerprint density at radius 3 is 1.65 bits per heavy atom. The fourth-order valence-electron chi connectivity index (χ4n) is 2.49. The van der Waals surface area contributed by atoms with Crippen LogP contribution in [0.1, 0.15) is 11.1 Å². The van der Waals surface area contributed by atoms with Crippen molar-refractivity contribution in [3.05, 3.63) is 95.0 Å². The molecule has 0 radical (unpaired) electrons. The fraction of sp³-hybridized carbons (Fsp3) is 0.0476. The molecule has 0 unspecified atom stereocenters. The van der Waals surface area contributed by atoms with Gasteiger partial charge in [-0.05, 0) is 61.0 Å². The van der Waals surface area contributed by atoms with Crippen molar-refractivity contribution in [1.82, 2.24) is 0 Å². The summed E-state index contributed by atoms with van der Waals surface area (Å²) in [5.41, 5.74) is 5.77. The van der Waals surface area contributed by atoms with Crippen LogP contribution in [0.3, 0.4) is 0 Å². The molecule has 0 bridgehead atoms. The average molecular weight is 364 g/mol. The van der Waals surface area contributed by atoms with Crippen molar-refractivity contribution in [3.8, 4) is 0 Å². The van der Waals surface area contributed by atoms with Gasteiger partial charge in [0.1, 0.15) is 0 Å². The Kier molecular flexibility index (Phi) is 4.63. The summed E-state index contributed by atoms with van der Waals surface area (Å²) in [7, 11) is 0. The van der Waals surface area contributed by atoms with Gasteiger partial charge < -0.3 is 4.90 Å². The number of rotatable bonds is 4. The third-order valence-electron chi connectivity index (χ3n) is 3.76. The van der Waals surface area contributed by atoms with Crippen LogP contribution in [0.15, 0.2) is 83.8 Å². The van der Waals surface area contributed by atoms with E-state index in [1.807, 2.05) is 6.08 Å². The molecular weight excluding hydrogens is 346 g/mol. The van der Waals surface area contributed by atoms with Gasteiger partial charge in [0.25, 0.3) is 0 Å². The van der Waals surface area contributed by atoms with Gasteiger partial charge in [0.15, 0.2) is 0 Å². The van der Waals surface area contributed by atoms with Crippen LogP contribution in [-0.2, 0) is 0 Å². The Bertz CT molecular complexity index is 741. The van der Waals surface area contributed by atoms with E-state index < -0.39 is 0 Å². The molecule has 0 aliphatic carbocycles. The minimum atomic E-state index is 1.08. The first-order valence-electron chi connectivity index (χ1n) is 7.52. The Balaban J connectivity index is 2.10. The highest BCUT2D eigenvalue weighted by Gasteiger charge is 2.11. The third-order valence-corrected chi connectivity index (χ3v) is 4.29. The molecule has 0 N–H and O–H groups in total. The van der Waals surface area contributed by atoms with Crippen LogP contribution >= 0.6 is 15.9 Å². The number of benzene rings is 3. The first-order chi connectivity index (χ1) is 11.2. The number of hydrogen-bond donors (Lipinski definition) is 0. The molecule has 114 valence electrons. The SMILES string of the molecule is C=Cc1ccc(N(c2ccc(C)cc2)c2ccc(Br)cc2)cc1. The Labute approximate surface area is 146 Å². The maximum Gasteiger partial charge on any atom is 0.0462 e. The Hall–Kier alpha value is -2.32. The van der Waals surface area contributed by atoms with Crippen LogP contribution in [0.4, 0.5) is 17.1 Å². The zero-order valence-electron chi connectivity index (χ0n) is 13.0. The normalized spacial score (nSPS) is 10.3. The molecular formula is C21H18BrN. The molecule has 0 fully saturated rings. The lowest BCUT2D eigenvalue weighted by atomic mass is 10.1. The summed E-state index contributed by atoms with van der Waals surface area (Å²) >= 11 is 3.51. The average Bonchev–Trinajstić information content (AvgIpc) is 2.59. The van der Waals surface area contributed by atoms with E-state index in [1.165, 1.54) is 5.56 Å². The summed E-state index contributed by atoms with van der Waals surface area (Å²) in [5.74, 6) is 0. The highest BCUT2D eigenvalue weighted by atomic mass is 79.9. The highest BCUT2D eigenvalue weighted by molar-refractivity contribution is 9.10. The van der Waals surface area contributed by atoms with E-state index in [-0.39, 0.29) is 0 Å². The number of aryl methyl sites for hydroxylation is 1. The summed E-state index contributed by atoms with van der Waals surface area (Å²) in [6.45, 7) is 5.93. The summed E-state index contributed by atoms with van der Waals surface area (Å²) < 4.78 is 1.08. The van der Waals surface area contributed by atoms with E-state index >= 15 is 0 Å². The third kappa shape index (κ3) is 3.54. The summed E-state index contributed by atoms with van der Waals surface area (Å²) in [6.07, 6.45) is 1.86. The lowest BCUT2D eigenvalue weighted by Gasteiger charge is -2.25. The molecule has 23 heavy (non-hydrogen) atoms. The van der Waals surface area contributed by atoms with Crippen LogP contribution in [0.5, 0.6) is 0 Å².